The molecule has 0 aromatic heterocycles. The van der Waals surface area contributed by atoms with Gasteiger partial charge in [-0.2, -0.15) is 13.2 Å². The van der Waals surface area contributed by atoms with E-state index in [-0.39, 0.29) is 11.9 Å². The van der Waals surface area contributed by atoms with Gasteiger partial charge in [-0.15, -0.1) is 0 Å². The monoisotopic (exact) mass is 302 g/mol. The molecule has 2 rings (SSSR count). The van der Waals surface area contributed by atoms with Gasteiger partial charge in [-0.25, -0.2) is 4.79 Å². The van der Waals surface area contributed by atoms with Crippen LogP contribution in [0.2, 0.25) is 0 Å². The zero-order chi connectivity index (χ0) is 15.6. The summed E-state index contributed by atoms with van der Waals surface area (Å²) >= 11 is 0. The second-order valence-electron chi connectivity index (χ2n) is 5.52. The number of ether oxygens (including phenoxy) is 1. The maximum absolute atomic E-state index is 12.9. The van der Waals surface area contributed by atoms with Gasteiger partial charge in [0.25, 0.3) is 0 Å². The summed E-state index contributed by atoms with van der Waals surface area (Å²) in [6.07, 6.45) is -1.11. The van der Waals surface area contributed by atoms with E-state index in [2.05, 4.69) is 6.92 Å². The van der Waals surface area contributed by atoms with Crippen molar-refractivity contribution in [2.45, 2.75) is 44.9 Å². The summed E-state index contributed by atoms with van der Waals surface area (Å²) in [5, 5.41) is 8.84. The lowest BCUT2D eigenvalue weighted by molar-refractivity contribution is -0.138. The number of alkyl halides is 3. The van der Waals surface area contributed by atoms with Crippen molar-refractivity contribution in [1.29, 1.82) is 0 Å². The van der Waals surface area contributed by atoms with E-state index in [0.29, 0.717) is 5.92 Å². The number of hydrogen-bond acceptors (Lipinski definition) is 2. The molecule has 3 nitrogen and oxygen atoms in total. The molecule has 0 spiro atoms. The van der Waals surface area contributed by atoms with Crippen LogP contribution >= 0.6 is 0 Å². The van der Waals surface area contributed by atoms with Crippen LogP contribution in [0.15, 0.2) is 18.2 Å². The Morgan fingerprint density at radius 1 is 1.33 bits per heavy atom. The van der Waals surface area contributed by atoms with E-state index in [0.717, 1.165) is 37.8 Å². The first-order valence-electron chi connectivity index (χ1n) is 6.88. The first kappa shape index (κ1) is 15.7. The molecule has 0 amide bonds. The minimum absolute atomic E-state index is 0.0754. The molecule has 2 unspecified atom stereocenters. The Kier molecular flexibility index (Phi) is 4.44. The van der Waals surface area contributed by atoms with Gasteiger partial charge in [0.05, 0.1) is 17.2 Å². The quantitative estimate of drug-likeness (QED) is 0.902. The van der Waals surface area contributed by atoms with Crippen molar-refractivity contribution in [2.75, 3.05) is 0 Å². The number of aromatic carboxylic acids is 1. The predicted molar refractivity (Wildman–Crippen MR) is 70.5 cm³/mol. The standard InChI is InChI=1S/C15H17F3O3/c1-9-3-2-4-10(7-9)21-11-5-6-12(14(19)20)13(8-11)15(16,17)18/h5-6,8-10H,2-4,7H2,1H3,(H,19,20). The molecule has 0 radical (unpaired) electrons. The van der Waals surface area contributed by atoms with Crippen LogP contribution in [0.3, 0.4) is 0 Å². The van der Waals surface area contributed by atoms with Crippen LogP contribution in [0.4, 0.5) is 13.2 Å². The van der Waals surface area contributed by atoms with Crippen molar-refractivity contribution in [3.8, 4) is 5.75 Å². The molecule has 0 bridgehead atoms. The summed E-state index contributed by atoms with van der Waals surface area (Å²) in [4.78, 5) is 10.9. The van der Waals surface area contributed by atoms with E-state index in [1.54, 1.807) is 0 Å². The average Bonchev–Trinajstić information content (AvgIpc) is 2.37. The van der Waals surface area contributed by atoms with Crippen LogP contribution in [0.25, 0.3) is 0 Å². The molecule has 1 aromatic rings. The van der Waals surface area contributed by atoms with Crippen LogP contribution < -0.4 is 4.74 Å². The van der Waals surface area contributed by atoms with Gasteiger partial charge in [0, 0.05) is 0 Å². The van der Waals surface area contributed by atoms with Crippen LogP contribution in [0.1, 0.15) is 48.5 Å². The van der Waals surface area contributed by atoms with Gasteiger partial charge in [0.15, 0.2) is 0 Å². The normalized spacial score (nSPS) is 22.9. The maximum Gasteiger partial charge on any atom is 0.417 e. The first-order valence-corrected chi connectivity index (χ1v) is 6.88. The molecule has 1 aromatic carbocycles. The van der Waals surface area contributed by atoms with Gasteiger partial charge >= 0.3 is 12.1 Å². The second-order valence-corrected chi connectivity index (χ2v) is 5.52. The Labute approximate surface area is 120 Å². The van der Waals surface area contributed by atoms with Crippen molar-refractivity contribution >= 4 is 5.97 Å². The Morgan fingerprint density at radius 2 is 2.05 bits per heavy atom. The van der Waals surface area contributed by atoms with Gasteiger partial charge in [0.1, 0.15) is 5.75 Å². The van der Waals surface area contributed by atoms with Crippen LogP contribution in [-0.2, 0) is 6.18 Å². The third-order valence-electron chi connectivity index (χ3n) is 3.72. The van der Waals surface area contributed by atoms with Gasteiger partial charge in [0.2, 0.25) is 0 Å². The minimum Gasteiger partial charge on any atom is -0.490 e. The second kappa shape index (κ2) is 5.95. The smallest absolute Gasteiger partial charge is 0.417 e. The molecule has 116 valence electrons. The lowest BCUT2D eigenvalue weighted by Gasteiger charge is -2.27. The summed E-state index contributed by atoms with van der Waals surface area (Å²) in [6.45, 7) is 2.09. The number of carboxylic acids is 1. The number of rotatable bonds is 3. The SMILES string of the molecule is CC1CCCC(Oc2ccc(C(=O)O)c(C(F)(F)F)c2)C1. The topological polar surface area (TPSA) is 46.5 Å². The third kappa shape index (κ3) is 3.89. The Balaban J connectivity index is 2.23. The first-order chi connectivity index (χ1) is 9.77. The van der Waals surface area contributed by atoms with Crippen molar-refractivity contribution in [3.05, 3.63) is 29.3 Å². The zero-order valence-corrected chi connectivity index (χ0v) is 11.6. The molecule has 0 aliphatic heterocycles. The van der Waals surface area contributed by atoms with Crippen molar-refractivity contribution < 1.29 is 27.8 Å². The summed E-state index contributed by atoms with van der Waals surface area (Å²) in [6, 6.07) is 3.02. The minimum atomic E-state index is -4.72. The fourth-order valence-electron chi connectivity index (χ4n) is 2.70. The van der Waals surface area contributed by atoms with E-state index >= 15 is 0 Å². The van der Waals surface area contributed by atoms with Crippen molar-refractivity contribution in [2.24, 2.45) is 5.92 Å². The highest BCUT2D eigenvalue weighted by Gasteiger charge is 2.36. The zero-order valence-electron chi connectivity index (χ0n) is 11.6. The molecule has 1 aliphatic rings. The van der Waals surface area contributed by atoms with Crippen LogP contribution in [-0.4, -0.2) is 17.2 Å². The van der Waals surface area contributed by atoms with E-state index in [4.69, 9.17) is 9.84 Å². The fourth-order valence-corrected chi connectivity index (χ4v) is 2.70. The summed E-state index contributed by atoms with van der Waals surface area (Å²) in [7, 11) is 0. The number of carbonyl (C=O) groups is 1. The number of hydrogen-bond donors (Lipinski definition) is 1. The highest BCUT2D eigenvalue weighted by Crippen LogP contribution is 2.35. The molecule has 0 saturated heterocycles. The largest absolute Gasteiger partial charge is 0.490 e. The molecule has 21 heavy (non-hydrogen) atoms. The summed E-state index contributed by atoms with van der Waals surface area (Å²) in [5.74, 6) is -1.03. The molecular formula is C15H17F3O3. The van der Waals surface area contributed by atoms with Crippen LogP contribution in [0, 0.1) is 5.92 Å². The number of halogens is 3. The van der Waals surface area contributed by atoms with Gasteiger partial charge in [-0.05, 0) is 43.4 Å². The fraction of sp³-hybridized carbons (Fsp3) is 0.533. The average molecular weight is 302 g/mol. The molecule has 0 heterocycles. The summed E-state index contributed by atoms with van der Waals surface area (Å²) in [5.41, 5.74) is -1.93. The lowest BCUT2D eigenvalue weighted by Crippen LogP contribution is -2.24. The number of carboxylic acid groups (broad SMARTS) is 1. The highest BCUT2D eigenvalue weighted by molar-refractivity contribution is 5.89. The maximum atomic E-state index is 12.9. The lowest BCUT2D eigenvalue weighted by atomic mass is 9.88. The Morgan fingerprint density at radius 3 is 2.62 bits per heavy atom. The van der Waals surface area contributed by atoms with Gasteiger partial charge in [-0.1, -0.05) is 13.3 Å². The third-order valence-corrected chi connectivity index (χ3v) is 3.72. The van der Waals surface area contributed by atoms with Gasteiger partial charge < -0.3 is 9.84 Å². The van der Waals surface area contributed by atoms with E-state index in [1.165, 1.54) is 6.07 Å². The van der Waals surface area contributed by atoms with Crippen molar-refractivity contribution in [1.82, 2.24) is 0 Å². The number of benzene rings is 1. The van der Waals surface area contributed by atoms with Crippen LogP contribution in [0.5, 0.6) is 5.75 Å². The van der Waals surface area contributed by atoms with Crippen molar-refractivity contribution in [3.63, 3.8) is 0 Å². The van der Waals surface area contributed by atoms with E-state index in [1.807, 2.05) is 0 Å². The molecule has 6 heteroatoms. The Bertz CT molecular complexity index is 525. The highest BCUT2D eigenvalue weighted by atomic mass is 19.4. The Hall–Kier alpha value is -1.72. The summed E-state index contributed by atoms with van der Waals surface area (Å²) < 4.78 is 44.3. The molecule has 1 fully saturated rings. The molecule has 1 saturated carbocycles. The van der Waals surface area contributed by atoms with E-state index < -0.39 is 23.3 Å². The molecule has 1 N–H and O–H groups in total. The molecular weight excluding hydrogens is 285 g/mol. The molecule has 1 aliphatic carbocycles. The predicted octanol–water partition coefficient (Wildman–Crippen LogP) is 4.36. The van der Waals surface area contributed by atoms with E-state index in [9.17, 15) is 18.0 Å². The van der Waals surface area contributed by atoms with Gasteiger partial charge in [-0.3, -0.25) is 0 Å². The molecule has 2 atom stereocenters.